The zero-order valence-corrected chi connectivity index (χ0v) is 19.2. The van der Waals surface area contributed by atoms with Gasteiger partial charge in [-0.1, -0.05) is 17.7 Å². The highest BCUT2D eigenvalue weighted by atomic mass is 35.5. The van der Waals surface area contributed by atoms with E-state index < -0.39 is 0 Å². The van der Waals surface area contributed by atoms with Gasteiger partial charge in [0.15, 0.2) is 0 Å². The summed E-state index contributed by atoms with van der Waals surface area (Å²) in [5.41, 5.74) is 1.94. The third-order valence-corrected chi connectivity index (χ3v) is 7.80. The molecule has 2 aliphatic rings. The molecule has 164 valence electrons. The summed E-state index contributed by atoms with van der Waals surface area (Å²) in [6, 6.07) is 7.46. The van der Waals surface area contributed by atoms with Crippen molar-refractivity contribution in [1.82, 2.24) is 9.55 Å². The Balaban J connectivity index is 1.66. The Morgan fingerprint density at radius 2 is 2.06 bits per heavy atom. The first-order chi connectivity index (χ1) is 15.0. The molecular weight excluding hydrogens is 434 g/mol. The second kappa shape index (κ2) is 8.52. The summed E-state index contributed by atoms with van der Waals surface area (Å²) in [5.74, 6) is 0.696. The standard InChI is InChI=1S/C22H26ClN5O2S/c1-25-6-5-17-18(14-25)31-20-19(17)21(30)28(16-4-2-3-15(23)13-16)22(24-20)27-9-7-26(8-10-27)11-12-29/h2-4,13,29H,5-12,14H2,1H3/p+2. The van der Waals surface area contributed by atoms with Gasteiger partial charge in [-0.05, 0) is 23.8 Å². The van der Waals surface area contributed by atoms with Gasteiger partial charge in [0, 0.05) is 11.4 Å². The molecule has 2 aliphatic heterocycles. The molecule has 1 fully saturated rings. The van der Waals surface area contributed by atoms with Gasteiger partial charge in [0.05, 0.1) is 62.3 Å². The van der Waals surface area contributed by atoms with Crippen LogP contribution in [0.25, 0.3) is 15.9 Å². The van der Waals surface area contributed by atoms with Crippen molar-refractivity contribution >= 4 is 39.1 Å². The van der Waals surface area contributed by atoms with Crippen LogP contribution in [-0.2, 0) is 13.0 Å². The summed E-state index contributed by atoms with van der Waals surface area (Å²) in [7, 11) is 2.20. The number of aromatic nitrogens is 2. The van der Waals surface area contributed by atoms with Crippen molar-refractivity contribution in [3.05, 3.63) is 50.1 Å². The summed E-state index contributed by atoms with van der Waals surface area (Å²) in [6.07, 6.45) is 0.913. The Kier molecular flexibility index (Phi) is 5.75. The molecule has 5 rings (SSSR count). The van der Waals surface area contributed by atoms with Crippen molar-refractivity contribution in [2.75, 3.05) is 57.8 Å². The molecule has 1 saturated heterocycles. The maximum absolute atomic E-state index is 13.9. The molecule has 0 saturated carbocycles. The smallest absolute Gasteiger partial charge is 0.268 e. The van der Waals surface area contributed by atoms with E-state index in [4.69, 9.17) is 16.6 Å². The predicted molar refractivity (Wildman–Crippen MR) is 124 cm³/mol. The normalized spacial score (nSPS) is 19.7. The number of hydrogen-bond acceptors (Lipinski definition) is 5. The Morgan fingerprint density at radius 3 is 2.81 bits per heavy atom. The number of anilines is 1. The van der Waals surface area contributed by atoms with E-state index in [0.29, 0.717) is 11.0 Å². The minimum Gasteiger partial charge on any atom is -0.391 e. The molecule has 1 atom stereocenters. The number of rotatable bonds is 4. The zero-order valence-electron chi connectivity index (χ0n) is 17.7. The fourth-order valence-electron chi connectivity index (χ4n) is 4.74. The van der Waals surface area contributed by atoms with Crippen LogP contribution in [0.2, 0.25) is 5.02 Å². The van der Waals surface area contributed by atoms with Crippen molar-refractivity contribution in [3.63, 3.8) is 0 Å². The van der Waals surface area contributed by atoms with E-state index >= 15 is 0 Å². The number of nitrogens with one attached hydrogen (secondary N) is 2. The van der Waals surface area contributed by atoms with Crippen LogP contribution in [0.15, 0.2) is 29.1 Å². The first-order valence-corrected chi connectivity index (χ1v) is 12.1. The van der Waals surface area contributed by atoms with E-state index in [1.807, 2.05) is 24.3 Å². The van der Waals surface area contributed by atoms with Crippen molar-refractivity contribution < 1.29 is 14.9 Å². The third kappa shape index (κ3) is 3.87. The van der Waals surface area contributed by atoms with Crippen molar-refractivity contribution in [1.29, 1.82) is 0 Å². The average Bonchev–Trinajstić information content (AvgIpc) is 3.12. The number of nitrogens with zero attached hydrogens (tertiary/aromatic N) is 3. The van der Waals surface area contributed by atoms with Gasteiger partial charge in [0.2, 0.25) is 5.95 Å². The first-order valence-electron chi connectivity index (χ1n) is 10.9. The Morgan fingerprint density at radius 1 is 1.26 bits per heavy atom. The molecule has 0 aliphatic carbocycles. The summed E-state index contributed by atoms with van der Waals surface area (Å²) in [5, 5.41) is 10.6. The SMILES string of the molecule is C[NH+]1CCc2c(sc3nc(N4CC[NH+](CCO)CC4)n(-c4cccc(Cl)c4)c(=O)c23)C1. The Labute approximate surface area is 190 Å². The zero-order chi connectivity index (χ0) is 21.5. The lowest BCUT2D eigenvalue weighted by molar-refractivity contribution is -0.900. The average molecular weight is 462 g/mol. The highest BCUT2D eigenvalue weighted by molar-refractivity contribution is 7.18. The van der Waals surface area contributed by atoms with Gasteiger partial charge in [-0.2, -0.15) is 0 Å². The van der Waals surface area contributed by atoms with Crippen LogP contribution in [-0.4, -0.2) is 67.6 Å². The summed E-state index contributed by atoms with van der Waals surface area (Å²) in [6.45, 7) is 6.37. The van der Waals surface area contributed by atoms with Crippen LogP contribution < -0.4 is 20.3 Å². The molecule has 7 nitrogen and oxygen atoms in total. The van der Waals surface area contributed by atoms with Crippen LogP contribution in [0.4, 0.5) is 5.95 Å². The van der Waals surface area contributed by atoms with E-state index in [1.54, 1.807) is 15.9 Å². The molecule has 3 aromatic rings. The van der Waals surface area contributed by atoms with Gasteiger partial charge < -0.3 is 19.8 Å². The number of benzene rings is 1. The van der Waals surface area contributed by atoms with Gasteiger partial charge in [-0.3, -0.25) is 4.79 Å². The first kappa shape index (κ1) is 20.9. The van der Waals surface area contributed by atoms with Crippen LogP contribution in [0.5, 0.6) is 0 Å². The predicted octanol–water partition coefficient (Wildman–Crippen LogP) is -0.631. The second-order valence-electron chi connectivity index (χ2n) is 8.56. The molecule has 0 amide bonds. The molecular formula is C22H28ClN5O2S+2. The van der Waals surface area contributed by atoms with E-state index in [-0.39, 0.29) is 12.2 Å². The van der Waals surface area contributed by atoms with E-state index in [1.165, 1.54) is 20.2 Å². The van der Waals surface area contributed by atoms with Gasteiger partial charge in [0.25, 0.3) is 5.56 Å². The number of likely N-dealkylation sites (N-methyl/N-ethyl adjacent to an activating group) is 1. The number of thiophene rings is 1. The van der Waals surface area contributed by atoms with Gasteiger partial charge >= 0.3 is 0 Å². The van der Waals surface area contributed by atoms with Gasteiger partial charge in [-0.25, -0.2) is 9.55 Å². The molecule has 0 spiro atoms. The molecule has 2 aromatic heterocycles. The molecule has 1 unspecified atom stereocenters. The fraction of sp³-hybridized carbons (Fsp3) is 0.455. The third-order valence-electron chi connectivity index (χ3n) is 6.44. The Hall–Kier alpha value is -1.97. The number of piperazine rings is 1. The lowest BCUT2D eigenvalue weighted by Gasteiger charge is -2.33. The quantitative estimate of drug-likeness (QED) is 0.484. The van der Waals surface area contributed by atoms with Crippen LogP contribution in [0.1, 0.15) is 10.4 Å². The van der Waals surface area contributed by atoms with Crippen LogP contribution >= 0.6 is 22.9 Å². The number of hydrogen-bond donors (Lipinski definition) is 3. The summed E-state index contributed by atoms with van der Waals surface area (Å²) < 4.78 is 1.75. The maximum atomic E-state index is 13.9. The number of aliphatic hydroxyl groups is 1. The van der Waals surface area contributed by atoms with Gasteiger partial charge in [0.1, 0.15) is 17.9 Å². The molecule has 9 heteroatoms. The monoisotopic (exact) mass is 461 g/mol. The van der Waals surface area contributed by atoms with Crippen LogP contribution in [0.3, 0.4) is 0 Å². The molecule has 31 heavy (non-hydrogen) atoms. The summed E-state index contributed by atoms with van der Waals surface area (Å²) in [4.78, 5) is 26.2. The largest absolute Gasteiger partial charge is 0.391 e. The van der Waals surface area contributed by atoms with E-state index in [0.717, 1.165) is 68.1 Å². The second-order valence-corrected chi connectivity index (χ2v) is 10.1. The lowest BCUT2D eigenvalue weighted by Crippen LogP contribution is -3.15. The number of fused-ring (bicyclic) bond motifs is 3. The molecule has 1 aromatic carbocycles. The highest BCUT2D eigenvalue weighted by Crippen LogP contribution is 2.31. The van der Waals surface area contributed by atoms with E-state index in [2.05, 4.69) is 11.9 Å². The maximum Gasteiger partial charge on any atom is 0.268 e. The molecule has 3 N–H and O–H groups in total. The molecule has 0 bridgehead atoms. The van der Waals surface area contributed by atoms with Crippen LogP contribution in [0, 0.1) is 0 Å². The van der Waals surface area contributed by atoms with Gasteiger partial charge in [-0.15, -0.1) is 11.3 Å². The number of aliphatic hydroxyl groups excluding tert-OH is 1. The highest BCUT2D eigenvalue weighted by Gasteiger charge is 2.29. The molecule has 0 radical (unpaired) electrons. The topological polar surface area (TPSA) is 67.2 Å². The Bertz CT molecular complexity index is 1170. The lowest BCUT2D eigenvalue weighted by atomic mass is 10.1. The minimum absolute atomic E-state index is 0.00412. The number of halogens is 1. The number of quaternary nitrogens is 2. The van der Waals surface area contributed by atoms with Crippen molar-refractivity contribution in [2.24, 2.45) is 0 Å². The van der Waals surface area contributed by atoms with E-state index in [9.17, 15) is 9.90 Å². The van der Waals surface area contributed by atoms with Crippen molar-refractivity contribution in [3.8, 4) is 5.69 Å². The fourth-order valence-corrected chi connectivity index (χ4v) is 6.24. The summed E-state index contributed by atoms with van der Waals surface area (Å²) >= 11 is 7.97. The minimum atomic E-state index is 0.00412. The van der Waals surface area contributed by atoms with Crippen molar-refractivity contribution in [2.45, 2.75) is 13.0 Å². The molecule has 4 heterocycles.